The number of aromatic nitrogens is 1. The van der Waals surface area contributed by atoms with Gasteiger partial charge < -0.3 is 9.67 Å². The number of para-hydroxylation sites is 1. The van der Waals surface area contributed by atoms with E-state index in [0.29, 0.717) is 0 Å². The molecule has 1 aromatic carbocycles. The lowest BCUT2D eigenvalue weighted by molar-refractivity contribution is -0.140. The summed E-state index contributed by atoms with van der Waals surface area (Å²) < 4.78 is 1.80. The number of aliphatic carboxylic acids is 1. The Bertz CT molecular complexity index is 513. The lowest BCUT2D eigenvalue weighted by Crippen LogP contribution is -2.14. The van der Waals surface area contributed by atoms with Gasteiger partial charge in [-0.15, -0.1) is 0 Å². The first-order valence-electron chi connectivity index (χ1n) is 4.90. The van der Waals surface area contributed by atoms with E-state index in [1.165, 1.54) is 0 Å². The van der Waals surface area contributed by atoms with Crippen molar-refractivity contribution in [3.63, 3.8) is 0 Å². The molecule has 1 heterocycles. The van der Waals surface area contributed by atoms with Crippen LogP contribution in [0.3, 0.4) is 0 Å². The zero-order chi connectivity index (χ0) is 11.0. The van der Waals surface area contributed by atoms with Crippen molar-refractivity contribution in [3.05, 3.63) is 36.0 Å². The molecule has 1 unspecified atom stereocenters. The molecule has 3 nitrogen and oxygen atoms in total. The summed E-state index contributed by atoms with van der Waals surface area (Å²) in [6, 6.07) is 7.32. The molecule has 2 rings (SSSR count). The molecule has 0 saturated carbocycles. The second kappa shape index (κ2) is 3.42. The minimum atomic E-state index is -0.809. The summed E-state index contributed by atoms with van der Waals surface area (Å²) in [6.07, 6.45) is 1.89. The van der Waals surface area contributed by atoms with Gasteiger partial charge in [-0.2, -0.15) is 0 Å². The van der Waals surface area contributed by atoms with Crippen LogP contribution >= 0.6 is 0 Å². The van der Waals surface area contributed by atoms with Crippen LogP contribution in [0.1, 0.15) is 18.5 Å². The first-order chi connectivity index (χ1) is 7.11. The minimum absolute atomic E-state index is 0.524. The highest BCUT2D eigenvalue weighted by Gasteiger charge is 2.15. The summed E-state index contributed by atoms with van der Waals surface area (Å²) in [5.74, 6) is -0.809. The Balaban J connectivity index is 2.67. The predicted molar refractivity (Wildman–Crippen MR) is 59.0 cm³/mol. The summed E-state index contributed by atoms with van der Waals surface area (Å²) in [5.41, 5.74) is 2.09. The molecule has 0 fully saturated rings. The summed E-state index contributed by atoms with van der Waals surface area (Å²) in [6.45, 7) is 3.68. The monoisotopic (exact) mass is 203 g/mol. The van der Waals surface area contributed by atoms with E-state index < -0.39 is 12.0 Å². The van der Waals surface area contributed by atoms with Crippen LogP contribution in [0, 0.1) is 6.92 Å². The number of aryl methyl sites for hydroxylation is 1. The molecule has 1 atom stereocenters. The van der Waals surface area contributed by atoms with Crippen LogP contribution in [0.2, 0.25) is 0 Å². The van der Waals surface area contributed by atoms with Gasteiger partial charge in [0.05, 0.1) is 0 Å². The molecule has 0 radical (unpaired) electrons. The van der Waals surface area contributed by atoms with Gasteiger partial charge in [-0.05, 0) is 25.5 Å². The number of hydrogen-bond acceptors (Lipinski definition) is 1. The minimum Gasteiger partial charge on any atom is -0.480 e. The number of nitrogens with zero attached hydrogens (tertiary/aromatic N) is 1. The van der Waals surface area contributed by atoms with Crippen LogP contribution in [-0.2, 0) is 4.79 Å². The molecule has 0 amide bonds. The van der Waals surface area contributed by atoms with E-state index in [4.69, 9.17) is 5.11 Å². The molecule has 0 saturated heterocycles. The Kier molecular flexibility index (Phi) is 2.23. The summed E-state index contributed by atoms with van der Waals surface area (Å²) in [5, 5.41) is 10.1. The SMILES string of the molecule is Cc1cn(C(C)C(=O)O)c2ccccc12. The van der Waals surface area contributed by atoms with Gasteiger partial charge in [-0.3, -0.25) is 0 Å². The molecule has 0 bridgehead atoms. The molecule has 0 aliphatic rings. The fourth-order valence-electron chi connectivity index (χ4n) is 1.82. The quantitative estimate of drug-likeness (QED) is 0.815. The van der Waals surface area contributed by atoms with Crippen molar-refractivity contribution >= 4 is 16.9 Å². The third-order valence-electron chi connectivity index (χ3n) is 2.71. The molecule has 0 spiro atoms. The maximum atomic E-state index is 10.9. The van der Waals surface area contributed by atoms with E-state index in [9.17, 15) is 4.79 Å². The van der Waals surface area contributed by atoms with E-state index in [1.807, 2.05) is 37.4 Å². The number of rotatable bonds is 2. The van der Waals surface area contributed by atoms with Crippen molar-refractivity contribution < 1.29 is 9.90 Å². The molecule has 15 heavy (non-hydrogen) atoms. The van der Waals surface area contributed by atoms with E-state index in [2.05, 4.69) is 0 Å². The number of carboxylic acids is 1. The third-order valence-corrected chi connectivity index (χ3v) is 2.71. The Morgan fingerprint density at radius 2 is 2.07 bits per heavy atom. The predicted octanol–water partition coefficient (Wildman–Crippen LogP) is 2.60. The van der Waals surface area contributed by atoms with Gasteiger partial charge in [0.1, 0.15) is 6.04 Å². The first-order valence-corrected chi connectivity index (χ1v) is 4.90. The molecule has 1 aromatic heterocycles. The Morgan fingerprint density at radius 1 is 1.40 bits per heavy atom. The first kappa shape index (κ1) is 9.77. The van der Waals surface area contributed by atoms with Gasteiger partial charge >= 0.3 is 5.97 Å². The standard InChI is InChI=1S/C12H13NO2/c1-8-7-13(9(2)12(14)15)11-6-4-3-5-10(8)11/h3-7,9H,1-2H3,(H,14,15). The number of benzene rings is 1. The highest BCUT2D eigenvalue weighted by Crippen LogP contribution is 2.23. The molecular formula is C12H13NO2. The number of hydrogen-bond donors (Lipinski definition) is 1. The molecule has 0 aliphatic heterocycles. The van der Waals surface area contributed by atoms with Crippen LogP contribution in [0.15, 0.2) is 30.5 Å². The Labute approximate surface area is 87.9 Å². The van der Waals surface area contributed by atoms with Crippen LogP contribution in [-0.4, -0.2) is 15.6 Å². The maximum Gasteiger partial charge on any atom is 0.326 e. The van der Waals surface area contributed by atoms with Gasteiger partial charge in [0.25, 0.3) is 0 Å². The van der Waals surface area contributed by atoms with Crippen LogP contribution in [0.5, 0.6) is 0 Å². The normalized spacial score (nSPS) is 12.9. The number of fused-ring (bicyclic) bond motifs is 1. The highest BCUT2D eigenvalue weighted by atomic mass is 16.4. The topological polar surface area (TPSA) is 42.2 Å². The van der Waals surface area contributed by atoms with Crippen molar-refractivity contribution in [1.29, 1.82) is 0 Å². The van der Waals surface area contributed by atoms with E-state index in [0.717, 1.165) is 16.5 Å². The molecule has 0 aliphatic carbocycles. The molecule has 2 aromatic rings. The summed E-state index contributed by atoms with van der Waals surface area (Å²) in [7, 11) is 0. The van der Waals surface area contributed by atoms with Crippen LogP contribution in [0.25, 0.3) is 10.9 Å². The zero-order valence-electron chi connectivity index (χ0n) is 8.77. The number of carboxylic acid groups (broad SMARTS) is 1. The van der Waals surface area contributed by atoms with Gasteiger partial charge in [0, 0.05) is 17.1 Å². The third kappa shape index (κ3) is 1.50. The van der Waals surface area contributed by atoms with Crippen molar-refractivity contribution in [3.8, 4) is 0 Å². The lowest BCUT2D eigenvalue weighted by Gasteiger charge is -2.09. The van der Waals surface area contributed by atoms with Gasteiger partial charge in [-0.25, -0.2) is 4.79 Å². The summed E-state index contributed by atoms with van der Waals surface area (Å²) in [4.78, 5) is 10.9. The van der Waals surface area contributed by atoms with E-state index in [-0.39, 0.29) is 0 Å². The van der Waals surface area contributed by atoms with Gasteiger partial charge in [0.15, 0.2) is 0 Å². The fraction of sp³-hybridized carbons (Fsp3) is 0.250. The van der Waals surface area contributed by atoms with E-state index in [1.54, 1.807) is 11.5 Å². The average molecular weight is 203 g/mol. The number of carbonyl (C=O) groups is 1. The zero-order valence-corrected chi connectivity index (χ0v) is 8.77. The Morgan fingerprint density at radius 3 is 2.73 bits per heavy atom. The largest absolute Gasteiger partial charge is 0.480 e. The van der Waals surface area contributed by atoms with Crippen LogP contribution in [0.4, 0.5) is 0 Å². The molecule has 78 valence electrons. The second-order valence-electron chi connectivity index (χ2n) is 3.75. The second-order valence-corrected chi connectivity index (χ2v) is 3.75. The van der Waals surface area contributed by atoms with Crippen molar-refractivity contribution in [2.24, 2.45) is 0 Å². The smallest absolute Gasteiger partial charge is 0.326 e. The van der Waals surface area contributed by atoms with Crippen molar-refractivity contribution in [2.75, 3.05) is 0 Å². The highest BCUT2D eigenvalue weighted by molar-refractivity contribution is 5.85. The van der Waals surface area contributed by atoms with Crippen molar-refractivity contribution in [2.45, 2.75) is 19.9 Å². The Hall–Kier alpha value is -1.77. The lowest BCUT2D eigenvalue weighted by atomic mass is 10.2. The van der Waals surface area contributed by atoms with E-state index >= 15 is 0 Å². The maximum absolute atomic E-state index is 10.9. The van der Waals surface area contributed by atoms with Gasteiger partial charge in [0.2, 0.25) is 0 Å². The fourth-order valence-corrected chi connectivity index (χ4v) is 1.82. The molecule has 1 N–H and O–H groups in total. The molecule has 3 heteroatoms. The average Bonchev–Trinajstić information content (AvgIpc) is 2.56. The van der Waals surface area contributed by atoms with Crippen molar-refractivity contribution in [1.82, 2.24) is 4.57 Å². The molecular weight excluding hydrogens is 190 g/mol. The van der Waals surface area contributed by atoms with Gasteiger partial charge in [-0.1, -0.05) is 18.2 Å². The summed E-state index contributed by atoms with van der Waals surface area (Å²) >= 11 is 0. The van der Waals surface area contributed by atoms with Crippen LogP contribution < -0.4 is 0 Å².